The standard InChI is InChI=1S/C47H36N2O/c48-45-31-26-39-20-21-40(32-44(39)47(45)50-33-34-12-4-1-5-13-34)37-24-29-42(30-25-37)49(41-27-22-36(23-28-41)35-14-6-2-7-15-35)46-19-11-10-18-43(46)38-16-8-3-9-17-38/h1-32H,33,48H2. The van der Waals surface area contributed by atoms with Crippen molar-refractivity contribution in [2.45, 2.75) is 6.61 Å². The van der Waals surface area contributed by atoms with E-state index in [1.807, 2.05) is 24.3 Å². The Morgan fingerprint density at radius 2 is 0.940 bits per heavy atom. The summed E-state index contributed by atoms with van der Waals surface area (Å²) >= 11 is 0. The van der Waals surface area contributed by atoms with Crippen LogP contribution in [-0.4, -0.2) is 0 Å². The normalized spacial score (nSPS) is 11.0. The van der Waals surface area contributed by atoms with Crippen LogP contribution in [0, 0.1) is 0 Å². The highest BCUT2D eigenvalue weighted by Crippen LogP contribution is 2.42. The summed E-state index contributed by atoms with van der Waals surface area (Å²) in [4.78, 5) is 2.34. The van der Waals surface area contributed by atoms with Crippen molar-refractivity contribution in [3.63, 3.8) is 0 Å². The van der Waals surface area contributed by atoms with Crippen molar-refractivity contribution in [1.82, 2.24) is 0 Å². The second-order valence-corrected chi connectivity index (χ2v) is 12.4. The molecule has 8 aromatic carbocycles. The zero-order valence-electron chi connectivity index (χ0n) is 27.6. The van der Waals surface area contributed by atoms with Gasteiger partial charge < -0.3 is 15.4 Å². The average molecular weight is 645 g/mol. The molecule has 0 saturated carbocycles. The van der Waals surface area contributed by atoms with Gasteiger partial charge in [-0.25, -0.2) is 0 Å². The quantitative estimate of drug-likeness (QED) is 0.159. The first-order chi connectivity index (χ1) is 24.7. The number of fused-ring (bicyclic) bond motifs is 1. The van der Waals surface area contributed by atoms with Crippen molar-refractivity contribution >= 4 is 33.5 Å². The van der Waals surface area contributed by atoms with Crippen LogP contribution >= 0.6 is 0 Å². The van der Waals surface area contributed by atoms with Crippen LogP contribution in [0.4, 0.5) is 22.7 Å². The van der Waals surface area contributed by atoms with Gasteiger partial charge in [0.15, 0.2) is 5.75 Å². The van der Waals surface area contributed by atoms with Gasteiger partial charge in [-0.3, -0.25) is 0 Å². The molecule has 0 heterocycles. The van der Waals surface area contributed by atoms with Gasteiger partial charge in [0.2, 0.25) is 0 Å². The van der Waals surface area contributed by atoms with Crippen LogP contribution in [0.1, 0.15) is 5.56 Å². The average Bonchev–Trinajstić information content (AvgIpc) is 3.19. The second-order valence-electron chi connectivity index (χ2n) is 12.4. The lowest BCUT2D eigenvalue weighted by molar-refractivity contribution is 0.312. The Morgan fingerprint density at radius 1 is 0.440 bits per heavy atom. The summed E-state index contributed by atoms with van der Waals surface area (Å²) in [5.41, 5.74) is 18.4. The van der Waals surface area contributed by atoms with Gasteiger partial charge in [0.25, 0.3) is 0 Å². The molecule has 8 aromatic rings. The molecule has 0 bridgehead atoms. The molecule has 0 unspecified atom stereocenters. The second kappa shape index (κ2) is 13.9. The molecular formula is C47H36N2O. The van der Waals surface area contributed by atoms with Crippen molar-refractivity contribution in [2.75, 3.05) is 10.6 Å². The number of ether oxygens (including phenoxy) is 1. The monoisotopic (exact) mass is 644 g/mol. The molecule has 3 heteroatoms. The van der Waals surface area contributed by atoms with Gasteiger partial charge in [-0.1, -0.05) is 152 Å². The molecule has 0 aromatic heterocycles. The molecule has 0 aliphatic carbocycles. The molecule has 2 N–H and O–H groups in total. The van der Waals surface area contributed by atoms with Crippen molar-refractivity contribution in [1.29, 1.82) is 0 Å². The molecule has 0 fully saturated rings. The lowest BCUT2D eigenvalue weighted by Crippen LogP contribution is -2.11. The summed E-state index contributed by atoms with van der Waals surface area (Å²) in [7, 11) is 0. The minimum absolute atomic E-state index is 0.454. The summed E-state index contributed by atoms with van der Waals surface area (Å²) in [6.07, 6.45) is 0. The number of anilines is 4. The number of rotatable bonds is 9. The van der Waals surface area contributed by atoms with Crippen LogP contribution in [0.25, 0.3) is 44.2 Å². The Balaban J connectivity index is 1.17. The molecule has 8 rings (SSSR count). The summed E-state index contributed by atoms with van der Waals surface area (Å²) < 4.78 is 6.33. The number of hydrogen-bond acceptors (Lipinski definition) is 3. The minimum Gasteiger partial charge on any atom is -0.486 e. The maximum absolute atomic E-state index is 6.47. The van der Waals surface area contributed by atoms with Gasteiger partial charge in [-0.05, 0) is 81.2 Å². The van der Waals surface area contributed by atoms with Crippen molar-refractivity contribution in [3.05, 3.63) is 200 Å². The summed E-state index contributed by atoms with van der Waals surface area (Å²) in [6.45, 7) is 0.454. The first-order valence-electron chi connectivity index (χ1n) is 16.9. The number of hydrogen-bond donors (Lipinski definition) is 1. The van der Waals surface area contributed by atoms with E-state index >= 15 is 0 Å². The van der Waals surface area contributed by atoms with Crippen LogP contribution in [0.15, 0.2) is 194 Å². The number of nitrogen functional groups attached to an aromatic ring is 1. The third-order valence-corrected chi connectivity index (χ3v) is 9.15. The van der Waals surface area contributed by atoms with Gasteiger partial charge in [-0.2, -0.15) is 0 Å². The summed E-state index contributed by atoms with van der Waals surface area (Å²) in [5.74, 6) is 0.715. The highest BCUT2D eigenvalue weighted by molar-refractivity contribution is 5.96. The van der Waals surface area contributed by atoms with E-state index < -0.39 is 0 Å². The van der Waals surface area contributed by atoms with Gasteiger partial charge in [-0.15, -0.1) is 0 Å². The molecule has 0 spiro atoms. The number of benzene rings is 8. The lowest BCUT2D eigenvalue weighted by atomic mass is 9.99. The van der Waals surface area contributed by atoms with E-state index in [0.29, 0.717) is 18.0 Å². The highest BCUT2D eigenvalue weighted by Gasteiger charge is 2.18. The zero-order valence-corrected chi connectivity index (χ0v) is 27.6. The number of nitrogens with two attached hydrogens (primary N) is 1. The maximum Gasteiger partial charge on any atom is 0.150 e. The topological polar surface area (TPSA) is 38.5 Å². The van der Waals surface area contributed by atoms with Crippen LogP contribution in [0.3, 0.4) is 0 Å². The van der Waals surface area contributed by atoms with Crippen LogP contribution in [-0.2, 0) is 6.61 Å². The molecule has 0 saturated heterocycles. The Kier molecular flexibility index (Phi) is 8.53. The Bertz CT molecular complexity index is 2350. The molecule has 0 aliphatic heterocycles. The molecule has 0 aliphatic rings. The van der Waals surface area contributed by atoms with E-state index in [9.17, 15) is 0 Å². The lowest BCUT2D eigenvalue weighted by Gasteiger charge is -2.28. The summed E-state index contributed by atoms with van der Waals surface area (Å²) in [6, 6.07) is 68.0. The number of para-hydroxylation sites is 1. The van der Waals surface area contributed by atoms with Crippen LogP contribution in [0.5, 0.6) is 5.75 Å². The molecule has 50 heavy (non-hydrogen) atoms. The Labute approximate surface area is 293 Å². The van der Waals surface area contributed by atoms with E-state index in [2.05, 4.69) is 175 Å². The first-order valence-corrected chi connectivity index (χ1v) is 16.9. The minimum atomic E-state index is 0.454. The first kappa shape index (κ1) is 30.7. The third-order valence-electron chi connectivity index (χ3n) is 9.15. The molecule has 3 nitrogen and oxygen atoms in total. The highest BCUT2D eigenvalue weighted by atomic mass is 16.5. The van der Waals surface area contributed by atoms with Crippen LogP contribution in [0.2, 0.25) is 0 Å². The molecule has 0 radical (unpaired) electrons. The van der Waals surface area contributed by atoms with Crippen molar-refractivity contribution in [3.8, 4) is 39.1 Å². The smallest absolute Gasteiger partial charge is 0.150 e. The van der Waals surface area contributed by atoms with Gasteiger partial charge in [0, 0.05) is 22.3 Å². The van der Waals surface area contributed by atoms with Crippen molar-refractivity contribution < 1.29 is 4.74 Å². The molecule has 0 atom stereocenters. The van der Waals surface area contributed by atoms with Gasteiger partial charge >= 0.3 is 0 Å². The predicted molar refractivity (Wildman–Crippen MR) is 210 cm³/mol. The summed E-state index contributed by atoms with van der Waals surface area (Å²) in [5, 5.41) is 2.09. The van der Waals surface area contributed by atoms with E-state index in [-0.39, 0.29) is 0 Å². The fourth-order valence-electron chi connectivity index (χ4n) is 6.57. The third kappa shape index (κ3) is 6.33. The SMILES string of the molecule is Nc1ccc2ccc(-c3ccc(N(c4ccc(-c5ccccc5)cc4)c4ccccc4-c4ccccc4)cc3)cc2c1OCc1ccccc1. The zero-order chi connectivity index (χ0) is 33.7. The molecular weight excluding hydrogens is 609 g/mol. The fraction of sp³-hybridized carbons (Fsp3) is 0.0213. The van der Waals surface area contributed by atoms with E-state index in [4.69, 9.17) is 10.5 Å². The van der Waals surface area contributed by atoms with Crippen LogP contribution < -0.4 is 15.4 Å². The maximum atomic E-state index is 6.47. The Hall–Kier alpha value is -6.58. The number of nitrogens with zero attached hydrogens (tertiary/aromatic N) is 1. The molecule has 240 valence electrons. The van der Waals surface area contributed by atoms with E-state index in [1.165, 1.54) is 22.3 Å². The van der Waals surface area contributed by atoms with E-state index in [1.54, 1.807) is 0 Å². The molecule has 0 amide bonds. The van der Waals surface area contributed by atoms with Crippen molar-refractivity contribution in [2.24, 2.45) is 0 Å². The van der Waals surface area contributed by atoms with Gasteiger partial charge in [0.05, 0.1) is 11.4 Å². The predicted octanol–water partition coefficient (Wildman–Crippen LogP) is 12.5. The van der Waals surface area contributed by atoms with E-state index in [0.717, 1.165) is 44.5 Å². The Morgan fingerprint density at radius 3 is 1.60 bits per heavy atom. The largest absolute Gasteiger partial charge is 0.486 e. The fourth-order valence-corrected chi connectivity index (χ4v) is 6.57. The van der Waals surface area contributed by atoms with Gasteiger partial charge in [0.1, 0.15) is 6.61 Å².